The standard InChI is InChI=1S/C21H28ClNOS/c1-4-5-6-17-7-9-18(10-8-17)11-13-20-14-12-19(15-23-20)16-25(24)21(2,3)22/h7-10,12,14-15H,4-6,11,13,16H2,1-3H3. The number of pyridine rings is 1. The first kappa shape index (κ1) is 20.1. The van der Waals surface area contributed by atoms with E-state index in [0.717, 1.165) is 24.1 Å². The van der Waals surface area contributed by atoms with Crippen LogP contribution < -0.4 is 0 Å². The second-order valence-corrected chi connectivity index (χ2v) is 10.1. The van der Waals surface area contributed by atoms with Gasteiger partial charge in [-0.15, -0.1) is 11.6 Å². The molecule has 0 fully saturated rings. The van der Waals surface area contributed by atoms with E-state index in [1.54, 1.807) is 13.8 Å². The molecule has 2 nitrogen and oxygen atoms in total. The molecule has 136 valence electrons. The lowest BCUT2D eigenvalue weighted by molar-refractivity contribution is 0.671. The molecule has 1 aromatic heterocycles. The van der Waals surface area contributed by atoms with E-state index < -0.39 is 15.0 Å². The molecule has 0 saturated heterocycles. The average molecular weight is 378 g/mol. The van der Waals surface area contributed by atoms with Gasteiger partial charge in [0.25, 0.3) is 0 Å². The fourth-order valence-corrected chi connectivity index (χ4v) is 3.52. The van der Waals surface area contributed by atoms with Crippen LogP contribution in [0.2, 0.25) is 0 Å². The van der Waals surface area contributed by atoms with E-state index >= 15 is 0 Å². The summed E-state index contributed by atoms with van der Waals surface area (Å²) >= 11 is 6.10. The molecule has 1 atom stereocenters. The molecule has 0 amide bonds. The maximum Gasteiger partial charge on any atom is 0.114 e. The van der Waals surface area contributed by atoms with Gasteiger partial charge in [-0.25, -0.2) is 0 Å². The van der Waals surface area contributed by atoms with Crippen molar-refractivity contribution >= 4 is 22.4 Å². The van der Waals surface area contributed by atoms with Gasteiger partial charge in [0, 0.05) is 22.7 Å². The third-order valence-corrected chi connectivity index (χ3v) is 6.43. The van der Waals surface area contributed by atoms with Crippen LogP contribution >= 0.6 is 11.6 Å². The van der Waals surface area contributed by atoms with Gasteiger partial charge >= 0.3 is 0 Å². The summed E-state index contributed by atoms with van der Waals surface area (Å²) in [6.45, 7) is 5.78. The van der Waals surface area contributed by atoms with Gasteiger partial charge in [-0.2, -0.15) is 0 Å². The van der Waals surface area contributed by atoms with Crippen LogP contribution in [-0.4, -0.2) is 13.4 Å². The monoisotopic (exact) mass is 377 g/mol. The van der Waals surface area contributed by atoms with Crippen molar-refractivity contribution in [2.24, 2.45) is 0 Å². The highest BCUT2D eigenvalue weighted by atomic mass is 35.5. The summed E-state index contributed by atoms with van der Waals surface area (Å²) in [5, 5.41) is 0. The number of aromatic nitrogens is 1. The summed E-state index contributed by atoms with van der Waals surface area (Å²) in [5.41, 5.74) is 4.80. The SMILES string of the molecule is CCCCc1ccc(CCc2ccc(CS(=O)C(C)(C)Cl)cn2)cc1. The van der Waals surface area contributed by atoms with Crippen LogP contribution in [0.5, 0.6) is 0 Å². The molecule has 2 rings (SSSR count). The molecule has 0 aliphatic rings. The minimum Gasteiger partial charge on any atom is -0.261 e. The van der Waals surface area contributed by atoms with Gasteiger partial charge in [0.1, 0.15) is 4.21 Å². The fourth-order valence-electron chi connectivity index (χ4n) is 2.54. The molecule has 0 aliphatic heterocycles. The van der Waals surface area contributed by atoms with Crippen molar-refractivity contribution in [2.75, 3.05) is 0 Å². The van der Waals surface area contributed by atoms with E-state index in [1.165, 1.54) is 30.4 Å². The number of nitrogens with zero attached hydrogens (tertiary/aromatic N) is 1. The lowest BCUT2D eigenvalue weighted by atomic mass is 10.0. The lowest BCUT2D eigenvalue weighted by Gasteiger charge is -2.15. The van der Waals surface area contributed by atoms with Crippen molar-refractivity contribution in [3.05, 3.63) is 65.0 Å². The van der Waals surface area contributed by atoms with Crippen molar-refractivity contribution < 1.29 is 4.21 Å². The molecule has 0 spiro atoms. The predicted octanol–water partition coefficient (Wildman–Crippen LogP) is 5.43. The van der Waals surface area contributed by atoms with Crippen LogP contribution in [0.15, 0.2) is 42.6 Å². The van der Waals surface area contributed by atoms with E-state index in [9.17, 15) is 4.21 Å². The summed E-state index contributed by atoms with van der Waals surface area (Å²) < 4.78 is 11.4. The molecule has 1 unspecified atom stereocenters. The van der Waals surface area contributed by atoms with E-state index in [-0.39, 0.29) is 0 Å². The van der Waals surface area contributed by atoms with Crippen LogP contribution in [0.3, 0.4) is 0 Å². The minimum absolute atomic E-state index is 0.447. The molecule has 2 aromatic rings. The molecular weight excluding hydrogens is 350 g/mol. The highest BCUT2D eigenvalue weighted by molar-refractivity contribution is 7.87. The summed E-state index contributed by atoms with van der Waals surface area (Å²) in [6, 6.07) is 13.0. The van der Waals surface area contributed by atoms with Crippen LogP contribution in [0.4, 0.5) is 0 Å². The molecule has 0 N–H and O–H groups in total. The first-order chi connectivity index (χ1) is 11.9. The first-order valence-electron chi connectivity index (χ1n) is 8.97. The zero-order valence-electron chi connectivity index (χ0n) is 15.4. The Morgan fingerprint density at radius 3 is 2.08 bits per heavy atom. The van der Waals surface area contributed by atoms with E-state index in [0.29, 0.717) is 5.75 Å². The Morgan fingerprint density at radius 2 is 1.56 bits per heavy atom. The Bertz CT molecular complexity index is 675. The van der Waals surface area contributed by atoms with Gasteiger partial charge < -0.3 is 0 Å². The fraction of sp³-hybridized carbons (Fsp3) is 0.476. The molecule has 4 heteroatoms. The molecule has 0 saturated carbocycles. The number of hydrogen-bond donors (Lipinski definition) is 0. The van der Waals surface area contributed by atoms with Gasteiger partial charge in [-0.05, 0) is 62.3 Å². The third kappa shape index (κ3) is 6.91. The molecular formula is C21H28ClNOS. The summed E-state index contributed by atoms with van der Waals surface area (Å²) in [6.07, 6.45) is 7.38. The second-order valence-electron chi connectivity index (χ2n) is 6.93. The lowest BCUT2D eigenvalue weighted by Crippen LogP contribution is -2.19. The molecule has 0 aliphatic carbocycles. The summed E-state index contributed by atoms with van der Waals surface area (Å²) in [7, 11) is -1.11. The smallest absolute Gasteiger partial charge is 0.114 e. The third-order valence-electron chi connectivity index (χ3n) is 4.24. The second kappa shape index (κ2) is 9.49. The molecule has 1 heterocycles. The van der Waals surface area contributed by atoms with Crippen molar-refractivity contribution in [3.8, 4) is 0 Å². The summed E-state index contributed by atoms with van der Waals surface area (Å²) in [4.78, 5) is 4.51. The van der Waals surface area contributed by atoms with Crippen molar-refractivity contribution in [1.29, 1.82) is 0 Å². The van der Waals surface area contributed by atoms with Crippen molar-refractivity contribution in [3.63, 3.8) is 0 Å². The quantitative estimate of drug-likeness (QED) is 0.545. The summed E-state index contributed by atoms with van der Waals surface area (Å²) in [5.74, 6) is 0.447. The van der Waals surface area contributed by atoms with Crippen LogP contribution in [0, 0.1) is 0 Å². The van der Waals surface area contributed by atoms with Crippen LogP contribution in [-0.2, 0) is 35.8 Å². The van der Waals surface area contributed by atoms with Gasteiger partial charge in [0.15, 0.2) is 0 Å². The number of unbranched alkanes of at least 4 members (excludes halogenated alkanes) is 1. The molecule has 0 radical (unpaired) electrons. The number of alkyl halides is 1. The molecule has 25 heavy (non-hydrogen) atoms. The number of halogens is 1. The predicted molar refractivity (Wildman–Crippen MR) is 108 cm³/mol. The van der Waals surface area contributed by atoms with Crippen molar-refractivity contribution in [1.82, 2.24) is 4.98 Å². The van der Waals surface area contributed by atoms with Crippen LogP contribution in [0.1, 0.15) is 56.0 Å². The first-order valence-corrected chi connectivity index (χ1v) is 10.7. The van der Waals surface area contributed by atoms with E-state index in [2.05, 4.69) is 36.2 Å². The zero-order valence-corrected chi connectivity index (χ0v) is 17.0. The largest absolute Gasteiger partial charge is 0.261 e. The van der Waals surface area contributed by atoms with Crippen molar-refractivity contribution in [2.45, 2.75) is 62.8 Å². The van der Waals surface area contributed by atoms with Crippen LogP contribution in [0.25, 0.3) is 0 Å². The highest BCUT2D eigenvalue weighted by Crippen LogP contribution is 2.21. The van der Waals surface area contributed by atoms with Gasteiger partial charge in [-0.1, -0.05) is 43.7 Å². The molecule has 0 bridgehead atoms. The minimum atomic E-state index is -1.11. The normalized spacial score (nSPS) is 13.0. The number of benzene rings is 1. The highest BCUT2D eigenvalue weighted by Gasteiger charge is 2.22. The Morgan fingerprint density at radius 1 is 0.960 bits per heavy atom. The zero-order chi connectivity index (χ0) is 18.3. The van der Waals surface area contributed by atoms with E-state index in [4.69, 9.17) is 11.6 Å². The number of rotatable bonds is 9. The topological polar surface area (TPSA) is 30.0 Å². The molecule has 1 aromatic carbocycles. The Balaban J connectivity index is 1.86. The maximum absolute atomic E-state index is 12.1. The van der Waals surface area contributed by atoms with Gasteiger partial charge in [0.2, 0.25) is 0 Å². The van der Waals surface area contributed by atoms with Gasteiger partial charge in [0.05, 0.1) is 5.75 Å². The Labute approximate surface area is 159 Å². The van der Waals surface area contributed by atoms with E-state index in [1.807, 2.05) is 18.3 Å². The average Bonchev–Trinajstić information content (AvgIpc) is 2.59. The van der Waals surface area contributed by atoms with Gasteiger partial charge in [-0.3, -0.25) is 9.19 Å². The Hall–Kier alpha value is -1.19. The number of aryl methyl sites for hydroxylation is 3. The maximum atomic E-state index is 12.1. The Kier molecular flexibility index (Phi) is 7.64. The number of hydrogen-bond acceptors (Lipinski definition) is 2.